The van der Waals surface area contributed by atoms with Crippen molar-refractivity contribution in [2.45, 2.75) is 33.4 Å². The van der Waals surface area contributed by atoms with Crippen LogP contribution < -0.4 is 5.56 Å². The van der Waals surface area contributed by atoms with Crippen LogP contribution >= 0.6 is 0 Å². The second kappa shape index (κ2) is 5.30. The Hall–Kier alpha value is -1.69. The summed E-state index contributed by atoms with van der Waals surface area (Å²) >= 11 is 0. The lowest BCUT2D eigenvalue weighted by Crippen LogP contribution is -2.21. The zero-order valence-corrected chi connectivity index (χ0v) is 10.7. The van der Waals surface area contributed by atoms with E-state index >= 15 is 0 Å². The van der Waals surface area contributed by atoms with Crippen molar-refractivity contribution in [3.05, 3.63) is 22.9 Å². The van der Waals surface area contributed by atoms with Gasteiger partial charge < -0.3 is 5.11 Å². The zero-order valence-electron chi connectivity index (χ0n) is 10.7. The summed E-state index contributed by atoms with van der Waals surface area (Å²) in [5.74, 6) is 0.546. The van der Waals surface area contributed by atoms with E-state index in [0.717, 1.165) is 6.42 Å². The van der Waals surface area contributed by atoms with Crippen LogP contribution in [0, 0.1) is 5.92 Å². The molecule has 2 aromatic heterocycles. The van der Waals surface area contributed by atoms with E-state index in [4.69, 9.17) is 5.11 Å². The first-order chi connectivity index (χ1) is 8.63. The molecule has 6 nitrogen and oxygen atoms in total. The average molecular weight is 250 g/mol. The van der Waals surface area contributed by atoms with E-state index in [-0.39, 0.29) is 12.2 Å². The Labute approximate surface area is 105 Å². The third kappa shape index (κ3) is 2.43. The van der Waals surface area contributed by atoms with Gasteiger partial charge in [0.15, 0.2) is 5.65 Å². The number of fused-ring (bicyclic) bond motifs is 1. The lowest BCUT2D eigenvalue weighted by molar-refractivity contribution is 0.271. The topological polar surface area (TPSA) is 72.9 Å². The van der Waals surface area contributed by atoms with Gasteiger partial charge in [-0.15, -0.1) is 0 Å². The fraction of sp³-hybridized carbons (Fsp3) is 0.583. The fourth-order valence-electron chi connectivity index (χ4n) is 1.81. The summed E-state index contributed by atoms with van der Waals surface area (Å²) in [5, 5.41) is 13.5. The molecule has 0 aliphatic carbocycles. The van der Waals surface area contributed by atoms with Gasteiger partial charge in [-0.05, 0) is 12.3 Å². The molecule has 0 aliphatic rings. The number of rotatable bonds is 5. The smallest absolute Gasteiger partial charge is 0.264 e. The minimum Gasteiger partial charge on any atom is -0.394 e. The van der Waals surface area contributed by atoms with Gasteiger partial charge in [-0.25, -0.2) is 9.67 Å². The zero-order chi connectivity index (χ0) is 13.1. The maximum atomic E-state index is 12.2. The van der Waals surface area contributed by atoms with E-state index in [1.807, 2.05) is 0 Å². The summed E-state index contributed by atoms with van der Waals surface area (Å²) in [6.45, 7) is 5.25. The number of hydrogen-bond donors (Lipinski definition) is 1. The highest BCUT2D eigenvalue weighted by Gasteiger charge is 2.09. The lowest BCUT2D eigenvalue weighted by Gasteiger charge is -2.07. The Morgan fingerprint density at radius 2 is 2.17 bits per heavy atom. The van der Waals surface area contributed by atoms with Crippen LogP contribution in [0.3, 0.4) is 0 Å². The Bertz CT molecular complexity index is 585. The van der Waals surface area contributed by atoms with Crippen LogP contribution in [0.25, 0.3) is 11.0 Å². The standard InChI is InChI=1S/C12H18N4O2/c1-9(2)3-4-15-8-13-11-10(12(15)18)7-14-16(11)5-6-17/h7-9,17H,3-6H2,1-2H3. The molecule has 0 saturated heterocycles. The van der Waals surface area contributed by atoms with Crippen LogP contribution in [0.2, 0.25) is 0 Å². The number of nitrogens with zero attached hydrogens (tertiary/aromatic N) is 4. The molecule has 0 atom stereocenters. The first-order valence-corrected chi connectivity index (χ1v) is 6.15. The van der Waals surface area contributed by atoms with Crippen LogP contribution in [0.5, 0.6) is 0 Å². The van der Waals surface area contributed by atoms with Crippen LogP contribution in [0.15, 0.2) is 17.3 Å². The minimum atomic E-state index is -0.0650. The molecule has 0 bridgehead atoms. The molecular formula is C12H18N4O2. The van der Waals surface area contributed by atoms with Crippen LogP contribution in [-0.4, -0.2) is 31.0 Å². The maximum absolute atomic E-state index is 12.2. The van der Waals surface area contributed by atoms with Crippen LogP contribution in [-0.2, 0) is 13.1 Å². The van der Waals surface area contributed by atoms with Crippen molar-refractivity contribution in [1.82, 2.24) is 19.3 Å². The van der Waals surface area contributed by atoms with Crippen LogP contribution in [0.4, 0.5) is 0 Å². The van der Waals surface area contributed by atoms with E-state index in [0.29, 0.717) is 30.0 Å². The van der Waals surface area contributed by atoms with E-state index in [1.165, 1.54) is 6.20 Å². The summed E-state index contributed by atoms with van der Waals surface area (Å²) in [6.07, 6.45) is 4.02. The van der Waals surface area contributed by atoms with Gasteiger partial charge in [0.2, 0.25) is 0 Å². The highest BCUT2D eigenvalue weighted by molar-refractivity contribution is 5.72. The predicted molar refractivity (Wildman–Crippen MR) is 68.3 cm³/mol. The maximum Gasteiger partial charge on any atom is 0.264 e. The average Bonchev–Trinajstić information content (AvgIpc) is 2.73. The molecule has 0 radical (unpaired) electrons. The van der Waals surface area contributed by atoms with Gasteiger partial charge >= 0.3 is 0 Å². The predicted octanol–water partition coefficient (Wildman–Crippen LogP) is 0.631. The number of aliphatic hydroxyl groups is 1. The molecule has 0 fully saturated rings. The van der Waals surface area contributed by atoms with Crippen molar-refractivity contribution < 1.29 is 5.11 Å². The third-order valence-electron chi connectivity index (χ3n) is 2.88. The number of hydrogen-bond acceptors (Lipinski definition) is 4. The number of aliphatic hydroxyl groups excluding tert-OH is 1. The van der Waals surface area contributed by atoms with Crippen LogP contribution in [0.1, 0.15) is 20.3 Å². The summed E-state index contributed by atoms with van der Waals surface area (Å²) in [5.41, 5.74) is 0.472. The van der Waals surface area contributed by atoms with Crippen molar-refractivity contribution in [2.75, 3.05) is 6.61 Å². The van der Waals surface area contributed by atoms with Gasteiger partial charge in [-0.3, -0.25) is 9.36 Å². The largest absolute Gasteiger partial charge is 0.394 e. The Balaban J connectivity index is 2.36. The molecule has 2 rings (SSSR count). The minimum absolute atomic E-state index is 0.0190. The monoisotopic (exact) mass is 250 g/mol. The van der Waals surface area contributed by atoms with Gasteiger partial charge in [0.1, 0.15) is 5.39 Å². The van der Waals surface area contributed by atoms with Crippen molar-refractivity contribution in [2.24, 2.45) is 5.92 Å². The van der Waals surface area contributed by atoms with Gasteiger partial charge in [0, 0.05) is 6.54 Å². The molecular weight excluding hydrogens is 232 g/mol. The molecule has 1 N–H and O–H groups in total. The quantitative estimate of drug-likeness (QED) is 0.844. The molecule has 0 aromatic carbocycles. The van der Waals surface area contributed by atoms with Crippen molar-refractivity contribution in [3.8, 4) is 0 Å². The van der Waals surface area contributed by atoms with E-state index in [9.17, 15) is 4.79 Å². The lowest BCUT2D eigenvalue weighted by atomic mass is 10.1. The fourth-order valence-corrected chi connectivity index (χ4v) is 1.81. The summed E-state index contributed by atoms with van der Waals surface area (Å²) in [6, 6.07) is 0. The Morgan fingerprint density at radius 3 is 2.83 bits per heavy atom. The molecule has 2 heterocycles. The first kappa shape index (κ1) is 12.8. The molecule has 2 aromatic rings. The SMILES string of the molecule is CC(C)CCn1cnc2c(cnn2CCO)c1=O. The molecule has 0 spiro atoms. The first-order valence-electron chi connectivity index (χ1n) is 6.15. The van der Waals surface area contributed by atoms with E-state index in [2.05, 4.69) is 23.9 Å². The van der Waals surface area contributed by atoms with Gasteiger partial charge in [0.05, 0.1) is 25.7 Å². The second-order valence-electron chi connectivity index (χ2n) is 4.75. The molecule has 0 aliphatic heterocycles. The Morgan fingerprint density at radius 1 is 1.39 bits per heavy atom. The molecule has 18 heavy (non-hydrogen) atoms. The molecule has 0 unspecified atom stereocenters. The highest BCUT2D eigenvalue weighted by atomic mass is 16.3. The normalized spacial score (nSPS) is 11.6. The number of aryl methyl sites for hydroxylation is 1. The van der Waals surface area contributed by atoms with Gasteiger partial charge in [0.25, 0.3) is 5.56 Å². The Kier molecular flexibility index (Phi) is 3.76. The summed E-state index contributed by atoms with van der Waals surface area (Å²) in [4.78, 5) is 16.4. The highest BCUT2D eigenvalue weighted by Crippen LogP contribution is 2.06. The molecule has 0 saturated carbocycles. The summed E-state index contributed by atoms with van der Waals surface area (Å²) < 4.78 is 3.16. The van der Waals surface area contributed by atoms with E-state index < -0.39 is 0 Å². The third-order valence-corrected chi connectivity index (χ3v) is 2.88. The molecule has 6 heteroatoms. The van der Waals surface area contributed by atoms with Crippen molar-refractivity contribution in [1.29, 1.82) is 0 Å². The summed E-state index contributed by atoms with van der Waals surface area (Å²) in [7, 11) is 0. The number of aromatic nitrogens is 4. The second-order valence-corrected chi connectivity index (χ2v) is 4.75. The van der Waals surface area contributed by atoms with Crippen molar-refractivity contribution >= 4 is 11.0 Å². The van der Waals surface area contributed by atoms with Crippen molar-refractivity contribution in [3.63, 3.8) is 0 Å². The molecule has 98 valence electrons. The van der Waals surface area contributed by atoms with Gasteiger partial charge in [-0.2, -0.15) is 5.10 Å². The molecule has 0 amide bonds. The van der Waals surface area contributed by atoms with E-state index in [1.54, 1.807) is 15.6 Å². The van der Waals surface area contributed by atoms with Gasteiger partial charge in [-0.1, -0.05) is 13.8 Å².